The average molecular weight is 230 g/mol. The van der Waals surface area contributed by atoms with Gasteiger partial charge in [0.25, 0.3) is 0 Å². The molecule has 1 saturated heterocycles. The van der Waals surface area contributed by atoms with Crippen LogP contribution < -0.4 is 5.32 Å². The molecule has 1 rings (SSSR count). The first-order valence-electron chi connectivity index (χ1n) is 5.82. The zero-order valence-corrected chi connectivity index (χ0v) is 10.1. The number of ether oxygens (including phenoxy) is 1. The third-order valence-electron chi connectivity index (χ3n) is 3.09. The lowest BCUT2D eigenvalue weighted by atomic mass is 10.0. The van der Waals surface area contributed by atoms with E-state index in [2.05, 4.69) is 5.32 Å². The van der Waals surface area contributed by atoms with Gasteiger partial charge >= 0.3 is 0 Å². The second-order valence-electron chi connectivity index (χ2n) is 4.18. The molecule has 0 aliphatic carbocycles. The van der Waals surface area contributed by atoms with Crippen molar-refractivity contribution in [3.63, 3.8) is 0 Å². The molecule has 0 spiro atoms. The van der Waals surface area contributed by atoms with Gasteiger partial charge in [0.15, 0.2) is 0 Å². The zero-order valence-electron chi connectivity index (χ0n) is 10.1. The third-order valence-corrected chi connectivity index (χ3v) is 3.09. The van der Waals surface area contributed by atoms with Gasteiger partial charge in [-0.2, -0.15) is 0 Å². The van der Waals surface area contributed by atoms with Crippen LogP contribution in [0.4, 0.5) is 0 Å². The minimum atomic E-state index is 0.00395. The van der Waals surface area contributed by atoms with Crippen LogP contribution in [0.5, 0.6) is 0 Å². The predicted molar refractivity (Wildman–Crippen MR) is 61.1 cm³/mol. The molecule has 16 heavy (non-hydrogen) atoms. The number of nitrogens with one attached hydrogen (secondary N) is 1. The van der Waals surface area contributed by atoms with Crippen LogP contribution in [0.1, 0.15) is 13.3 Å². The summed E-state index contributed by atoms with van der Waals surface area (Å²) in [6.45, 7) is 4.40. The van der Waals surface area contributed by atoms with E-state index in [1.165, 1.54) is 0 Å². The first-order chi connectivity index (χ1) is 7.70. The smallest absolute Gasteiger partial charge is 0.227 e. The number of aliphatic hydroxyl groups is 1. The molecule has 0 aromatic heterocycles. The molecule has 0 aromatic rings. The molecule has 1 fully saturated rings. The lowest BCUT2D eigenvalue weighted by molar-refractivity contribution is -0.136. The summed E-state index contributed by atoms with van der Waals surface area (Å²) in [4.78, 5) is 13.9. The van der Waals surface area contributed by atoms with Crippen LogP contribution in [0.3, 0.4) is 0 Å². The predicted octanol–water partition coefficient (Wildman–Crippen LogP) is -0.548. The van der Waals surface area contributed by atoms with E-state index >= 15 is 0 Å². The molecule has 5 nitrogen and oxygen atoms in total. The van der Waals surface area contributed by atoms with Crippen LogP contribution in [0, 0.1) is 5.92 Å². The highest BCUT2D eigenvalue weighted by molar-refractivity contribution is 5.80. The summed E-state index contributed by atoms with van der Waals surface area (Å²) < 4.78 is 4.97. The molecule has 2 atom stereocenters. The number of nitrogens with zero attached hydrogens (tertiary/aromatic N) is 1. The molecule has 0 bridgehead atoms. The summed E-state index contributed by atoms with van der Waals surface area (Å²) in [5.74, 6) is 0.173. The first-order valence-corrected chi connectivity index (χ1v) is 5.82. The fraction of sp³-hybridized carbons (Fsp3) is 0.909. The highest BCUT2D eigenvalue weighted by Crippen LogP contribution is 2.17. The van der Waals surface area contributed by atoms with E-state index < -0.39 is 0 Å². The quantitative estimate of drug-likeness (QED) is 0.643. The Morgan fingerprint density at radius 3 is 2.81 bits per heavy atom. The van der Waals surface area contributed by atoms with Crippen LogP contribution in [0.25, 0.3) is 0 Å². The molecule has 5 heteroatoms. The van der Waals surface area contributed by atoms with Crippen molar-refractivity contribution in [3.05, 3.63) is 0 Å². The Kier molecular flexibility index (Phi) is 5.73. The lowest BCUT2D eigenvalue weighted by Crippen LogP contribution is -2.43. The van der Waals surface area contributed by atoms with Crippen molar-refractivity contribution in [2.75, 3.05) is 40.0 Å². The van der Waals surface area contributed by atoms with E-state index in [9.17, 15) is 4.79 Å². The van der Waals surface area contributed by atoms with Gasteiger partial charge in [0.1, 0.15) is 0 Å². The van der Waals surface area contributed by atoms with E-state index in [1.54, 1.807) is 12.0 Å². The largest absolute Gasteiger partial charge is 0.395 e. The van der Waals surface area contributed by atoms with Crippen molar-refractivity contribution in [1.29, 1.82) is 0 Å². The minimum Gasteiger partial charge on any atom is -0.395 e. The normalized spacial score (nSPS) is 24.7. The van der Waals surface area contributed by atoms with Gasteiger partial charge < -0.3 is 20.1 Å². The van der Waals surface area contributed by atoms with Gasteiger partial charge in [0.2, 0.25) is 5.91 Å². The van der Waals surface area contributed by atoms with E-state index in [1.807, 2.05) is 6.92 Å². The van der Waals surface area contributed by atoms with Crippen molar-refractivity contribution in [3.8, 4) is 0 Å². The SMILES string of the molecule is COCCN(CCO)C(=O)C1CCNC1C. The molecule has 2 unspecified atom stereocenters. The summed E-state index contributed by atoms with van der Waals surface area (Å²) in [7, 11) is 1.61. The number of hydrogen-bond acceptors (Lipinski definition) is 4. The van der Waals surface area contributed by atoms with Crippen molar-refractivity contribution in [2.45, 2.75) is 19.4 Å². The van der Waals surface area contributed by atoms with Crippen molar-refractivity contribution >= 4 is 5.91 Å². The van der Waals surface area contributed by atoms with Gasteiger partial charge in [-0.05, 0) is 19.9 Å². The van der Waals surface area contributed by atoms with Gasteiger partial charge in [-0.15, -0.1) is 0 Å². The minimum absolute atomic E-state index is 0.00395. The van der Waals surface area contributed by atoms with Crippen molar-refractivity contribution in [2.24, 2.45) is 5.92 Å². The molecule has 1 amide bonds. The van der Waals surface area contributed by atoms with Gasteiger partial charge in [-0.1, -0.05) is 0 Å². The van der Waals surface area contributed by atoms with E-state index in [-0.39, 0.29) is 24.5 Å². The molecule has 94 valence electrons. The molecule has 0 saturated carbocycles. The van der Waals surface area contributed by atoms with Gasteiger partial charge in [0.05, 0.1) is 19.1 Å². The maximum atomic E-state index is 12.2. The Bertz CT molecular complexity index is 223. The molecule has 1 heterocycles. The van der Waals surface area contributed by atoms with Crippen LogP contribution in [-0.2, 0) is 9.53 Å². The molecule has 1 aliphatic rings. The Morgan fingerprint density at radius 1 is 1.56 bits per heavy atom. The van der Waals surface area contributed by atoms with Gasteiger partial charge in [0, 0.05) is 26.2 Å². The zero-order chi connectivity index (χ0) is 12.0. The van der Waals surface area contributed by atoms with Gasteiger partial charge in [-0.25, -0.2) is 0 Å². The van der Waals surface area contributed by atoms with Crippen LogP contribution in [-0.4, -0.2) is 61.9 Å². The Labute approximate surface area is 96.8 Å². The maximum absolute atomic E-state index is 12.2. The second kappa shape index (κ2) is 6.83. The fourth-order valence-electron chi connectivity index (χ4n) is 2.08. The fourth-order valence-corrected chi connectivity index (χ4v) is 2.08. The number of rotatable bonds is 6. The maximum Gasteiger partial charge on any atom is 0.227 e. The summed E-state index contributed by atoms with van der Waals surface area (Å²) in [6.07, 6.45) is 0.884. The molecule has 2 N–H and O–H groups in total. The number of aliphatic hydroxyl groups excluding tert-OH is 1. The Hall–Kier alpha value is -0.650. The molecular formula is C11H22N2O3. The summed E-state index contributed by atoms with van der Waals surface area (Å²) in [5.41, 5.74) is 0. The number of carbonyl (C=O) groups excluding carboxylic acids is 1. The Balaban J connectivity index is 2.51. The van der Waals surface area contributed by atoms with Crippen molar-refractivity contribution in [1.82, 2.24) is 10.2 Å². The summed E-state index contributed by atoms with van der Waals surface area (Å²) >= 11 is 0. The van der Waals surface area contributed by atoms with Crippen LogP contribution in [0.2, 0.25) is 0 Å². The monoisotopic (exact) mass is 230 g/mol. The lowest BCUT2D eigenvalue weighted by Gasteiger charge is -2.26. The van der Waals surface area contributed by atoms with Crippen molar-refractivity contribution < 1.29 is 14.6 Å². The average Bonchev–Trinajstić information content (AvgIpc) is 2.69. The molecule has 0 aromatic carbocycles. The molecule has 0 radical (unpaired) electrons. The highest BCUT2D eigenvalue weighted by Gasteiger charge is 2.32. The third kappa shape index (κ3) is 3.43. The molecular weight excluding hydrogens is 208 g/mol. The standard InChI is InChI=1S/C11H22N2O3/c1-9-10(3-4-12-9)11(15)13(5-7-14)6-8-16-2/h9-10,12,14H,3-8H2,1-2H3. The molecule has 1 aliphatic heterocycles. The first kappa shape index (κ1) is 13.4. The van der Waals surface area contributed by atoms with E-state index in [4.69, 9.17) is 9.84 Å². The van der Waals surface area contributed by atoms with Crippen LogP contribution in [0.15, 0.2) is 0 Å². The summed E-state index contributed by atoms with van der Waals surface area (Å²) in [5, 5.41) is 12.2. The van der Waals surface area contributed by atoms with Crippen LogP contribution >= 0.6 is 0 Å². The summed E-state index contributed by atoms with van der Waals surface area (Å²) in [6, 6.07) is 0.233. The topological polar surface area (TPSA) is 61.8 Å². The number of hydrogen-bond donors (Lipinski definition) is 2. The number of methoxy groups -OCH3 is 1. The van der Waals surface area contributed by atoms with E-state index in [0.29, 0.717) is 19.7 Å². The number of amides is 1. The second-order valence-corrected chi connectivity index (χ2v) is 4.18. The van der Waals surface area contributed by atoms with E-state index in [0.717, 1.165) is 13.0 Å². The van der Waals surface area contributed by atoms with Gasteiger partial charge in [-0.3, -0.25) is 4.79 Å². The number of carbonyl (C=O) groups is 1. The Morgan fingerprint density at radius 2 is 2.31 bits per heavy atom. The highest BCUT2D eigenvalue weighted by atomic mass is 16.5.